The Kier molecular flexibility index (Phi) is 15.6. The maximum absolute atomic E-state index is 13.5. The lowest BCUT2D eigenvalue weighted by atomic mass is 10.1. The molecule has 0 radical (unpaired) electrons. The van der Waals surface area contributed by atoms with E-state index in [1.165, 1.54) is 13.8 Å². The van der Waals surface area contributed by atoms with Crippen LogP contribution >= 0.6 is 11.6 Å². The maximum atomic E-state index is 13.5. The van der Waals surface area contributed by atoms with Crippen molar-refractivity contribution in [2.45, 2.75) is 33.5 Å². The predicted octanol–water partition coefficient (Wildman–Crippen LogP) is 6.30. The van der Waals surface area contributed by atoms with Crippen molar-refractivity contribution in [3.63, 3.8) is 0 Å². The van der Waals surface area contributed by atoms with Crippen LogP contribution in [0.2, 0.25) is 5.28 Å². The number of carbonyl (C=O) groups is 4. The molecule has 0 spiro atoms. The molecule has 0 saturated carbocycles. The summed E-state index contributed by atoms with van der Waals surface area (Å²) in [6.45, 7) is 15.3. The first-order chi connectivity index (χ1) is 30.9. The van der Waals surface area contributed by atoms with Crippen LogP contribution in [0.15, 0.2) is 79.6 Å². The first-order valence-electron chi connectivity index (χ1n) is 18.0. The number of benzene rings is 2. The lowest BCUT2D eigenvalue weighted by Crippen LogP contribution is -2.25. The summed E-state index contributed by atoms with van der Waals surface area (Å²) in [5, 5.41) is 89.5. The topological polar surface area (TPSA) is 374 Å². The summed E-state index contributed by atoms with van der Waals surface area (Å²) < 4.78 is 1.48. The Hall–Kier alpha value is -9.36. The Bertz CT molecular complexity index is 3040. The highest BCUT2D eigenvalue weighted by Crippen LogP contribution is 2.35. The average Bonchev–Trinajstić information content (AvgIpc) is 3.26. The minimum atomic E-state index is -1.47. The van der Waals surface area contributed by atoms with Gasteiger partial charge in [0.25, 0.3) is 11.1 Å². The van der Waals surface area contributed by atoms with Gasteiger partial charge in [-0.25, -0.2) is 24.0 Å². The predicted molar refractivity (Wildman–Crippen MR) is 227 cm³/mol. The second-order valence-electron chi connectivity index (χ2n) is 12.7. The molecule has 0 aliphatic carbocycles. The number of hydrogen-bond acceptors (Lipinski definition) is 18. The molecule has 26 heteroatoms. The molecule has 5 rings (SSSR count). The number of hydrogen-bond donors (Lipinski definition) is 8. The van der Waals surface area contributed by atoms with Crippen molar-refractivity contribution in [3.8, 4) is 17.8 Å². The minimum Gasteiger partial charge on any atom is -0.503 e. The molecule has 0 atom stereocenters. The third kappa shape index (κ3) is 10.8. The van der Waals surface area contributed by atoms with E-state index in [2.05, 4.69) is 64.0 Å². The van der Waals surface area contributed by atoms with Crippen molar-refractivity contribution >= 4 is 75.8 Å². The summed E-state index contributed by atoms with van der Waals surface area (Å²) in [5.74, 6) is -7.59. The van der Waals surface area contributed by atoms with Crippen LogP contribution < -0.4 is 21.8 Å². The molecule has 0 saturated heterocycles. The van der Waals surface area contributed by atoms with E-state index in [-0.39, 0.29) is 64.5 Å². The molecule has 0 unspecified atom stereocenters. The zero-order valence-corrected chi connectivity index (χ0v) is 34.4. The number of azo groups is 2. The van der Waals surface area contributed by atoms with Gasteiger partial charge < -0.3 is 41.3 Å². The molecule has 3 aromatic heterocycles. The first-order valence-corrected chi connectivity index (χ1v) is 18.4. The highest BCUT2D eigenvalue weighted by molar-refractivity contribution is 6.28. The molecular formula is C39H32ClN13O12. The fraction of sp³-hybridized carbons (Fsp3) is 0.154. The van der Waals surface area contributed by atoms with E-state index in [9.17, 15) is 64.7 Å². The van der Waals surface area contributed by atoms with E-state index in [0.717, 1.165) is 41.0 Å². The lowest BCUT2D eigenvalue weighted by molar-refractivity contribution is 0.0682. The number of pyridine rings is 2. The van der Waals surface area contributed by atoms with Gasteiger partial charge in [0.1, 0.15) is 28.7 Å². The van der Waals surface area contributed by atoms with Crippen LogP contribution in [0.25, 0.3) is 4.85 Å². The Morgan fingerprint density at radius 2 is 1.26 bits per heavy atom. The molecule has 0 bridgehead atoms. The first kappa shape index (κ1) is 48.3. The van der Waals surface area contributed by atoms with E-state index >= 15 is 0 Å². The summed E-state index contributed by atoms with van der Waals surface area (Å²) in [5.41, 5.74) is -6.16. The van der Waals surface area contributed by atoms with Gasteiger partial charge in [0.15, 0.2) is 11.6 Å². The Morgan fingerprint density at radius 3 is 1.74 bits per heavy atom. The van der Waals surface area contributed by atoms with Gasteiger partial charge in [0, 0.05) is 18.7 Å². The van der Waals surface area contributed by atoms with Gasteiger partial charge in [-0.05, 0) is 73.8 Å². The van der Waals surface area contributed by atoms with Gasteiger partial charge in [0.2, 0.25) is 28.7 Å². The van der Waals surface area contributed by atoms with Gasteiger partial charge in [-0.15, -0.1) is 33.6 Å². The molecule has 25 nitrogen and oxygen atoms in total. The Balaban J connectivity index is 0.00000456. The van der Waals surface area contributed by atoms with Crippen LogP contribution in [0, 0.1) is 31.8 Å². The number of nitrogens with zero attached hydrogens (tertiary/aromatic N) is 11. The third-order valence-corrected chi connectivity index (χ3v) is 8.99. The van der Waals surface area contributed by atoms with Crippen molar-refractivity contribution < 1.29 is 49.8 Å². The SMILES string of the molecule is C=C.[C-]#[N+]c1c(C)c(N=Nc2cc(C(=O)O)ccc2C(=O)O)c(=O)n(CNc2nc(Cl)nc(NCCCn3c(O)c(C#N)c(C)c(N=Nc4cc(C(=O)O)ccc4C(=O)O)c3=O)n2)c1O. The van der Waals surface area contributed by atoms with E-state index in [1.54, 1.807) is 6.07 Å². The molecule has 5 aromatic rings. The molecule has 0 amide bonds. The monoisotopic (exact) mass is 909 g/mol. The van der Waals surface area contributed by atoms with Gasteiger partial charge in [-0.2, -0.15) is 20.2 Å². The van der Waals surface area contributed by atoms with Gasteiger partial charge >= 0.3 is 23.9 Å². The summed E-state index contributed by atoms with van der Waals surface area (Å²) in [6, 6.07) is 7.70. The van der Waals surface area contributed by atoms with Crippen molar-refractivity contribution in [2.24, 2.45) is 20.5 Å². The molecular weight excluding hydrogens is 878 g/mol. The second kappa shape index (κ2) is 20.9. The summed E-state index contributed by atoms with van der Waals surface area (Å²) in [6.07, 6.45) is 0.0474. The van der Waals surface area contributed by atoms with E-state index < -0.39 is 93.0 Å². The molecule has 65 heavy (non-hydrogen) atoms. The van der Waals surface area contributed by atoms with Gasteiger partial charge in [-0.1, -0.05) is 0 Å². The molecule has 0 fully saturated rings. The number of halogens is 1. The van der Waals surface area contributed by atoms with Gasteiger partial charge in [-0.3, -0.25) is 18.7 Å². The number of carboxylic acid groups (broad SMARTS) is 4. The number of aromatic hydroxyl groups is 2. The van der Waals surface area contributed by atoms with Crippen LogP contribution in [-0.4, -0.2) is 85.1 Å². The molecule has 3 heterocycles. The van der Waals surface area contributed by atoms with E-state index in [4.69, 9.17) is 18.2 Å². The Labute approximate surface area is 369 Å². The normalized spacial score (nSPS) is 10.7. The minimum absolute atomic E-state index is 0.0118. The number of carboxylic acids is 4. The average molecular weight is 910 g/mol. The maximum Gasteiger partial charge on any atom is 0.337 e. The fourth-order valence-electron chi connectivity index (χ4n) is 5.61. The number of aromatic carboxylic acids is 4. The highest BCUT2D eigenvalue weighted by atomic mass is 35.5. The number of nitriles is 1. The summed E-state index contributed by atoms with van der Waals surface area (Å²) in [4.78, 5) is 88.6. The van der Waals surface area contributed by atoms with Crippen molar-refractivity contribution in [2.75, 3.05) is 17.2 Å². The molecule has 0 aliphatic rings. The van der Waals surface area contributed by atoms with E-state index in [1.807, 2.05) is 0 Å². The zero-order chi connectivity index (χ0) is 48.3. The molecule has 2 aromatic carbocycles. The number of aromatic nitrogens is 5. The van der Waals surface area contributed by atoms with Crippen molar-refractivity contribution in [1.82, 2.24) is 24.1 Å². The van der Waals surface area contributed by atoms with Crippen LogP contribution in [0.3, 0.4) is 0 Å². The zero-order valence-electron chi connectivity index (χ0n) is 33.6. The lowest BCUT2D eigenvalue weighted by Gasteiger charge is -2.15. The number of nitrogens with one attached hydrogen (secondary N) is 2. The molecule has 8 N–H and O–H groups in total. The molecule has 0 aliphatic heterocycles. The fourth-order valence-corrected chi connectivity index (χ4v) is 5.77. The second-order valence-corrected chi connectivity index (χ2v) is 13.0. The largest absolute Gasteiger partial charge is 0.503 e. The molecule has 332 valence electrons. The third-order valence-electron chi connectivity index (χ3n) is 8.82. The standard InChI is InChI=1S/C37H28ClN13O12.C2H4/c1-15-21(13-39)27(52)50(29(54)25(15)48-46-22-11-17(31(56)57)5-7-19(22)33(60)61)10-4-9-41-36-43-35(38)44-37(45-36)42-14-51-28(53)24(40-3)16(2)26(30(51)55)49-47-23-12-18(32(58)59)6-8-20(23)34(62)63;1-2/h5-8,11-12,52-53H,4,9-10,14H2,1-2H3,(H,56,57)(H,58,59)(H,60,61)(H,62,63)(H2,41,42,43,44,45);1-2H2. The van der Waals surface area contributed by atoms with Crippen molar-refractivity contribution in [3.05, 3.63) is 126 Å². The van der Waals surface area contributed by atoms with Crippen molar-refractivity contribution in [1.29, 1.82) is 5.26 Å². The van der Waals surface area contributed by atoms with Crippen LogP contribution in [0.5, 0.6) is 11.8 Å². The van der Waals surface area contributed by atoms with E-state index in [0.29, 0.717) is 4.57 Å². The number of anilines is 2. The highest BCUT2D eigenvalue weighted by Gasteiger charge is 2.22. The Morgan fingerprint density at radius 1 is 0.769 bits per heavy atom. The van der Waals surface area contributed by atoms with Crippen LogP contribution in [-0.2, 0) is 13.2 Å². The van der Waals surface area contributed by atoms with Crippen LogP contribution in [0.1, 0.15) is 64.5 Å². The summed E-state index contributed by atoms with van der Waals surface area (Å²) >= 11 is 6.10. The van der Waals surface area contributed by atoms with Gasteiger partial charge in [0.05, 0.1) is 35.5 Å². The quantitative estimate of drug-likeness (QED) is 0.0233. The smallest absolute Gasteiger partial charge is 0.337 e. The summed E-state index contributed by atoms with van der Waals surface area (Å²) in [7, 11) is 0. The number of rotatable bonds is 16. The van der Waals surface area contributed by atoms with Crippen LogP contribution in [0.4, 0.5) is 40.3 Å².